The van der Waals surface area contributed by atoms with Crippen LogP contribution >= 0.6 is 11.6 Å². The number of nitrogens with zero attached hydrogens (tertiary/aromatic N) is 1. The van der Waals surface area contributed by atoms with Gasteiger partial charge in [0.2, 0.25) is 0 Å². The van der Waals surface area contributed by atoms with E-state index in [0.29, 0.717) is 6.54 Å². The first kappa shape index (κ1) is 19.1. The van der Waals surface area contributed by atoms with Crippen molar-refractivity contribution in [3.8, 4) is 0 Å². The van der Waals surface area contributed by atoms with E-state index in [4.69, 9.17) is 22.1 Å². The third kappa shape index (κ3) is 5.67. The first-order chi connectivity index (χ1) is 11.3. The zero-order chi connectivity index (χ0) is 17.7. The molecule has 134 valence electrons. The molecule has 4 nitrogen and oxygen atoms in total. The van der Waals surface area contributed by atoms with Gasteiger partial charge in [0.15, 0.2) is 0 Å². The van der Waals surface area contributed by atoms with Crippen LogP contribution < -0.4 is 5.73 Å². The zero-order valence-corrected chi connectivity index (χ0v) is 15.7. The van der Waals surface area contributed by atoms with Gasteiger partial charge in [-0.05, 0) is 70.6 Å². The first-order valence-corrected chi connectivity index (χ1v) is 9.14. The minimum atomic E-state index is -0.492. The van der Waals surface area contributed by atoms with Gasteiger partial charge in [0.25, 0.3) is 0 Å². The van der Waals surface area contributed by atoms with Crippen molar-refractivity contribution in [3.63, 3.8) is 0 Å². The fourth-order valence-electron chi connectivity index (χ4n) is 3.17. The van der Waals surface area contributed by atoms with Crippen LogP contribution in [0.25, 0.3) is 0 Å². The van der Waals surface area contributed by atoms with E-state index in [-0.39, 0.29) is 18.2 Å². The van der Waals surface area contributed by atoms with Crippen LogP contribution in [0.2, 0.25) is 5.02 Å². The minimum Gasteiger partial charge on any atom is -0.444 e. The third-order valence-corrected chi connectivity index (χ3v) is 4.59. The summed E-state index contributed by atoms with van der Waals surface area (Å²) in [6.07, 6.45) is 4.54. The molecule has 0 aromatic heterocycles. The van der Waals surface area contributed by atoms with Crippen LogP contribution in [0.3, 0.4) is 0 Å². The van der Waals surface area contributed by atoms with Crippen LogP contribution in [0.1, 0.15) is 52.0 Å². The number of hydrogen-bond donors (Lipinski definition) is 1. The Hall–Kier alpha value is -1.26. The van der Waals surface area contributed by atoms with Crippen molar-refractivity contribution in [2.75, 3.05) is 6.54 Å². The second-order valence-electron chi connectivity index (χ2n) is 7.57. The highest BCUT2D eigenvalue weighted by molar-refractivity contribution is 6.30. The Labute approximate surface area is 150 Å². The van der Waals surface area contributed by atoms with Crippen molar-refractivity contribution >= 4 is 17.7 Å². The Morgan fingerprint density at radius 3 is 2.50 bits per heavy atom. The van der Waals surface area contributed by atoms with Gasteiger partial charge in [0.05, 0.1) is 6.04 Å². The standard InChI is InChI=1S/C19H29ClN2O2/c1-19(2,3)24-18(23)22(17-8-4-7-16(17)21)13-5-6-14-9-11-15(20)12-10-14/h9-12,16-17H,4-8,13,21H2,1-3H3/t16?,17-/m0/s1. The van der Waals surface area contributed by atoms with Gasteiger partial charge in [-0.15, -0.1) is 0 Å². The van der Waals surface area contributed by atoms with E-state index in [9.17, 15) is 4.79 Å². The average molecular weight is 353 g/mol. The Morgan fingerprint density at radius 2 is 1.96 bits per heavy atom. The molecule has 0 bridgehead atoms. The summed E-state index contributed by atoms with van der Waals surface area (Å²) in [6, 6.07) is 7.99. The van der Waals surface area contributed by atoms with E-state index < -0.39 is 5.60 Å². The molecular formula is C19H29ClN2O2. The summed E-state index contributed by atoms with van der Waals surface area (Å²) >= 11 is 5.92. The van der Waals surface area contributed by atoms with Gasteiger partial charge in [-0.2, -0.15) is 0 Å². The van der Waals surface area contributed by atoms with Crippen LogP contribution in [0.4, 0.5) is 4.79 Å². The number of carbonyl (C=O) groups is 1. The van der Waals surface area contributed by atoms with Gasteiger partial charge in [-0.3, -0.25) is 0 Å². The highest BCUT2D eigenvalue weighted by Gasteiger charge is 2.34. The zero-order valence-electron chi connectivity index (χ0n) is 14.9. The third-order valence-electron chi connectivity index (χ3n) is 4.34. The van der Waals surface area contributed by atoms with Gasteiger partial charge in [-0.25, -0.2) is 4.79 Å². The Kier molecular flexibility index (Phi) is 6.53. The number of benzene rings is 1. The Bertz CT molecular complexity index is 539. The van der Waals surface area contributed by atoms with E-state index in [1.165, 1.54) is 5.56 Å². The van der Waals surface area contributed by atoms with Crippen molar-refractivity contribution in [3.05, 3.63) is 34.9 Å². The largest absolute Gasteiger partial charge is 0.444 e. The molecule has 2 rings (SSSR count). The summed E-state index contributed by atoms with van der Waals surface area (Å²) in [5.41, 5.74) is 6.95. The van der Waals surface area contributed by atoms with Gasteiger partial charge in [0, 0.05) is 17.6 Å². The molecule has 0 spiro atoms. The maximum Gasteiger partial charge on any atom is 0.410 e. The molecule has 1 fully saturated rings. The van der Waals surface area contributed by atoms with Gasteiger partial charge in [0.1, 0.15) is 5.60 Å². The van der Waals surface area contributed by atoms with Gasteiger partial charge in [-0.1, -0.05) is 23.7 Å². The molecule has 1 saturated carbocycles. The molecule has 0 radical (unpaired) electrons. The van der Waals surface area contributed by atoms with Crippen molar-refractivity contribution in [2.24, 2.45) is 5.73 Å². The maximum absolute atomic E-state index is 12.6. The molecule has 24 heavy (non-hydrogen) atoms. The topological polar surface area (TPSA) is 55.6 Å². The van der Waals surface area contributed by atoms with Gasteiger partial charge < -0.3 is 15.4 Å². The summed E-state index contributed by atoms with van der Waals surface area (Å²) in [5.74, 6) is 0. The molecule has 0 heterocycles. The minimum absolute atomic E-state index is 0.0491. The van der Waals surface area contributed by atoms with Crippen LogP contribution in [-0.2, 0) is 11.2 Å². The fourth-order valence-corrected chi connectivity index (χ4v) is 3.30. The monoisotopic (exact) mass is 352 g/mol. The average Bonchev–Trinajstić information content (AvgIpc) is 2.89. The van der Waals surface area contributed by atoms with Crippen LogP contribution in [-0.4, -0.2) is 35.2 Å². The molecule has 1 unspecified atom stereocenters. The number of amides is 1. The lowest BCUT2D eigenvalue weighted by molar-refractivity contribution is 0.0148. The Morgan fingerprint density at radius 1 is 1.29 bits per heavy atom. The van der Waals surface area contributed by atoms with E-state index in [1.807, 2.05) is 49.9 Å². The van der Waals surface area contributed by atoms with E-state index in [2.05, 4.69) is 0 Å². The lowest BCUT2D eigenvalue weighted by Crippen LogP contribution is -2.49. The second kappa shape index (κ2) is 8.21. The summed E-state index contributed by atoms with van der Waals surface area (Å²) in [6.45, 7) is 6.35. The highest BCUT2D eigenvalue weighted by Crippen LogP contribution is 2.25. The van der Waals surface area contributed by atoms with Crippen molar-refractivity contribution in [1.82, 2.24) is 4.90 Å². The van der Waals surface area contributed by atoms with Crippen molar-refractivity contribution < 1.29 is 9.53 Å². The molecule has 0 aliphatic heterocycles. The molecule has 1 amide bonds. The summed E-state index contributed by atoms with van der Waals surface area (Å²) in [5, 5.41) is 0.742. The van der Waals surface area contributed by atoms with E-state index in [0.717, 1.165) is 37.1 Å². The molecule has 1 aliphatic carbocycles. The number of rotatable bonds is 5. The summed E-state index contributed by atoms with van der Waals surface area (Å²) in [4.78, 5) is 14.5. The van der Waals surface area contributed by atoms with Crippen LogP contribution in [0, 0.1) is 0 Å². The van der Waals surface area contributed by atoms with Crippen molar-refractivity contribution in [2.45, 2.75) is 70.6 Å². The molecule has 1 aromatic carbocycles. The molecule has 2 N–H and O–H groups in total. The van der Waals surface area contributed by atoms with E-state index >= 15 is 0 Å². The second-order valence-corrected chi connectivity index (χ2v) is 8.00. The SMILES string of the molecule is CC(C)(C)OC(=O)N(CCCc1ccc(Cl)cc1)[C@H]1CCCC1N. The number of nitrogens with two attached hydrogens (primary N) is 1. The molecule has 1 aromatic rings. The maximum atomic E-state index is 12.6. The first-order valence-electron chi connectivity index (χ1n) is 8.76. The predicted molar refractivity (Wildman–Crippen MR) is 98.3 cm³/mol. The smallest absolute Gasteiger partial charge is 0.410 e. The quantitative estimate of drug-likeness (QED) is 0.855. The number of ether oxygens (including phenoxy) is 1. The molecule has 1 aliphatic rings. The molecule has 0 saturated heterocycles. The predicted octanol–water partition coefficient (Wildman–Crippen LogP) is 4.39. The fraction of sp³-hybridized carbons (Fsp3) is 0.632. The lowest BCUT2D eigenvalue weighted by atomic mass is 10.1. The highest BCUT2D eigenvalue weighted by atomic mass is 35.5. The molecule has 2 atom stereocenters. The Balaban J connectivity index is 1.97. The van der Waals surface area contributed by atoms with Gasteiger partial charge >= 0.3 is 6.09 Å². The number of carbonyl (C=O) groups excluding carboxylic acids is 1. The number of hydrogen-bond acceptors (Lipinski definition) is 3. The van der Waals surface area contributed by atoms with E-state index in [1.54, 1.807) is 0 Å². The van der Waals surface area contributed by atoms with Crippen molar-refractivity contribution in [1.29, 1.82) is 0 Å². The number of halogens is 1. The summed E-state index contributed by atoms with van der Waals surface area (Å²) in [7, 11) is 0. The molecular weight excluding hydrogens is 324 g/mol. The summed E-state index contributed by atoms with van der Waals surface area (Å²) < 4.78 is 5.59. The molecule has 5 heteroatoms. The van der Waals surface area contributed by atoms with Crippen LogP contribution in [0.15, 0.2) is 24.3 Å². The van der Waals surface area contributed by atoms with Crippen LogP contribution in [0.5, 0.6) is 0 Å². The number of aryl methyl sites for hydroxylation is 1. The lowest BCUT2D eigenvalue weighted by Gasteiger charge is -2.33. The normalized spacial score (nSPS) is 20.9.